The van der Waals surface area contributed by atoms with Gasteiger partial charge in [0, 0.05) is 38.8 Å². The van der Waals surface area contributed by atoms with Gasteiger partial charge in [-0.05, 0) is 18.6 Å². The molecule has 0 aromatic heterocycles. The SMILES string of the molecule is CN(CCC(=O)N(C)C1CCS(=O)(=O)C1)c1ccccc1. The number of para-hydroxylation sites is 1. The van der Waals surface area contributed by atoms with Gasteiger partial charge in [0.2, 0.25) is 5.91 Å². The zero-order chi connectivity index (χ0) is 15.5. The van der Waals surface area contributed by atoms with Crippen LogP contribution in [0.3, 0.4) is 0 Å². The molecule has 1 fully saturated rings. The first-order valence-electron chi connectivity index (χ1n) is 7.11. The fraction of sp³-hybridized carbons (Fsp3) is 0.533. The molecule has 0 spiro atoms. The van der Waals surface area contributed by atoms with Crippen LogP contribution in [-0.2, 0) is 14.6 Å². The van der Waals surface area contributed by atoms with E-state index in [9.17, 15) is 13.2 Å². The molecule has 2 rings (SSSR count). The molecule has 1 saturated heterocycles. The Morgan fingerprint density at radius 2 is 1.90 bits per heavy atom. The second kappa shape index (κ2) is 6.47. The van der Waals surface area contributed by atoms with Gasteiger partial charge in [0.1, 0.15) is 0 Å². The van der Waals surface area contributed by atoms with Gasteiger partial charge in [-0.25, -0.2) is 8.42 Å². The highest BCUT2D eigenvalue weighted by Gasteiger charge is 2.32. The van der Waals surface area contributed by atoms with Gasteiger partial charge >= 0.3 is 0 Å². The van der Waals surface area contributed by atoms with Crippen LogP contribution in [-0.4, -0.2) is 57.4 Å². The largest absolute Gasteiger partial charge is 0.374 e. The summed E-state index contributed by atoms with van der Waals surface area (Å²) < 4.78 is 22.9. The Kier molecular flexibility index (Phi) is 4.88. The average Bonchev–Trinajstić information content (AvgIpc) is 2.84. The summed E-state index contributed by atoms with van der Waals surface area (Å²) in [6.45, 7) is 0.618. The smallest absolute Gasteiger partial charge is 0.224 e. The maximum Gasteiger partial charge on any atom is 0.224 e. The maximum atomic E-state index is 12.2. The van der Waals surface area contributed by atoms with E-state index in [1.807, 2.05) is 42.3 Å². The molecule has 0 N–H and O–H groups in total. The van der Waals surface area contributed by atoms with Gasteiger partial charge in [-0.15, -0.1) is 0 Å². The molecule has 1 unspecified atom stereocenters. The molecule has 0 radical (unpaired) electrons. The number of anilines is 1. The lowest BCUT2D eigenvalue weighted by atomic mass is 10.2. The number of carbonyl (C=O) groups excluding carboxylic acids is 1. The van der Waals surface area contributed by atoms with E-state index in [1.165, 1.54) is 0 Å². The maximum absolute atomic E-state index is 12.2. The highest BCUT2D eigenvalue weighted by Crippen LogP contribution is 2.17. The molecule has 6 heteroatoms. The Labute approximate surface area is 126 Å². The van der Waals surface area contributed by atoms with Crippen molar-refractivity contribution < 1.29 is 13.2 Å². The Morgan fingerprint density at radius 1 is 1.24 bits per heavy atom. The van der Waals surface area contributed by atoms with Crippen molar-refractivity contribution in [3.8, 4) is 0 Å². The van der Waals surface area contributed by atoms with Crippen LogP contribution in [0.25, 0.3) is 0 Å². The Hall–Kier alpha value is -1.56. The van der Waals surface area contributed by atoms with E-state index in [0.717, 1.165) is 5.69 Å². The monoisotopic (exact) mass is 310 g/mol. The summed E-state index contributed by atoms with van der Waals surface area (Å²) in [4.78, 5) is 15.8. The summed E-state index contributed by atoms with van der Waals surface area (Å²) >= 11 is 0. The third kappa shape index (κ3) is 4.20. The van der Waals surface area contributed by atoms with E-state index in [1.54, 1.807) is 11.9 Å². The highest BCUT2D eigenvalue weighted by atomic mass is 32.2. The van der Waals surface area contributed by atoms with Crippen molar-refractivity contribution in [1.82, 2.24) is 4.90 Å². The third-order valence-corrected chi connectivity index (χ3v) is 5.76. The number of amides is 1. The first-order valence-corrected chi connectivity index (χ1v) is 8.93. The van der Waals surface area contributed by atoms with Crippen LogP contribution in [0.4, 0.5) is 5.69 Å². The van der Waals surface area contributed by atoms with Gasteiger partial charge < -0.3 is 9.80 Å². The Bertz CT molecular complexity index is 586. The topological polar surface area (TPSA) is 57.7 Å². The molecule has 0 saturated carbocycles. The van der Waals surface area contributed by atoms with Gasteiger partial charge in [0.25, 0.3) is 0 Å². The van der Waals surface area contributed by atoms with Gasteiger partial charge in [0.05, 0.1) is 11.5 Å². The summed E-state index contributed by atoms with van der Waals surface area (Å²) in [6.07, 6.45) is 0.942. The van der Waals surface area contributed by atoms with E-state index >= 15 is 0 Å². The van der Waals surface area contributed by atoms with E-state index in [0.29, 0.717) is 19.4 Å². The lowest BCUT2D eigenvalue weighted by Gasteiger charge is -2.25. The van der Waals surface area contributed by atoms with Crippen LogP contribution in [0, 0.1) is 0 Å². The lowest BCUT2D eigenvalue weighted by molar-refractivity contribution is -0.131. The zero-order valence-electron chi connectivity index (χ0n) is 12.5. The third-order valence-electron chi connectivity index (χ3n) is 4.01. The van der Waals surface area contributed by atoms with Gasteiger partial charge in [-0.3, -0.25) is 4.79 Å². The number of carbonyl (C=O) groups is 1. The predicted molar refractivity (Wildman–Crippen MR) is 84.2 cm³/mol. The van der Waals surface area contributed by atoms with Crippen molar-refractivity contribution >= 4 is 21.4 Å². The van der Waals surface area contributed by atoms with E-state index in [-0.39, 0.29) is 23.5 Å². The number of nitrogens with zero attached hydrogens (tertiary/aromatic N) is 2. The van der Waals surface area contributed by atoms with Gasteiger partial charge in [0.15, 0.2) is 9.84 Å². The molecule has 0 bridgehead atoms. The van der Waals surface area contributed by atoms with Crippen molar-refractivity contribution in [3.63, 3.8) is 0 Å². The molecule has 5 nitrogen and oxygen atoms in total. The van der Waals surface area contributed by atoms with Crippen molar-refractivity contribution in [1.29, 1.82) is 0 Å². The Balaban J connectivity index is 1.84. The van der Waals surface area contributed by atoms with Crippen LogP contribution in [0.5, 0.6) is 0 Å². The average molecular weight is 310 g/mol. The first-order chi connectivity index (χ1) is 9.89. The van der Waals surface area contributed by atoms with Crippen molar-refractivity contribution in [2.45, 2.75) is 18.9 Å². The van der Waals surface area contributed by atoms with Gasteiger partial charge in [-0.1, -0.05) is 18.2 Å². The fourth-order valence-corrected chi connectivity index (χ4v) is 4.31. The quantitative estimate of drug-likeness (QED) is 0.819. The minimum Gasteiger partial charge on any atom is -0.374 e. The lowest BCUT2D eigenvalue weighted by Crippen LogP contribution is -2.39. The number of benzene rings is 1. The minimum atomic E-state index is -2.95. The van der Waals surface area contributed by atoms with E-state index in [4.69, 9.17) is 0 Å². The first kappa shape index (κ1) is 15.8. The molecular formula is C15H22N2O3S. The summed E-state index contributed by atoms with van der Waals surface area (Å²) in [5.74, 6) is 0.295. The number of rotatable bonds is 5. The second-order valence-corrected chi connectivity index (χ2v) is 7.80. The summed E-state index contributed by atoms with van der Waals surface area (Å²) in [7, 11) is 0.699. The Morgan fingerprint density at radius 3 is 2.48 bits per heavy atom. The molecule has 21 heavy (non-hydrogen) atoms. The standard InChI is InChI=1S/C15H22N2O3S/c1-16(13-6-4-3-5-7-13)10-8-15(18)17(2)14-9-11-21(19,20)12-14/h3-7,14H,8-12H2,1-2H3. The van der Waals surface area contributed by atoms with Crippen molar-refractivity contribution in [3.05, 3.63) is 30.3 Å². The van der Waals surface area contributed by atoms with Gasteiger partial charge in [-0.2, -0.15) is 0 Å². The molecule has 1 aromatic rings. The van der Waals surface area contributed by atoms with Crippen LogP contribution in [0.1, 0.15) is 12.8 Å². The molecule has 0 aliphatic carbocycles. The minimum absolute atomic E-state index is 0.000110. The van der Waals surface area contributed by atoms with E-state index < -0.39 is 9.84 Å². The molecule has 1 aromatic carbocycles. The molecule has 1 atom stereocenters. The number of hydrogen-bond acceptors (Lipinski definition) is 4. The molecule has 116 valence electrons. The summed E-state index contributed by atoms with van der Waals surface area (Å²) in [6, 6.07) is 9.71. The van der Waals surface area contributed by atoms with Crippen LogP contribution < -0.4 is 4.90 Å². The fourth-order valence-electron chi connectivity index (χ4n) is 2.54. The zero-order valence-corrected chi connectivity index (χ0v) is 13.3. The highest BCUT2D eigenvalue weighted by molar-refractivity contribution is 7.91. The second-order valence-electron chi connectivity index (χ2n) is 5.57. The van der Waals surface area contributed by atoms with Crippen molar-refractivity contribution in [2.75, 3.05) is 37.0 Å². The predicted octanol–water partition coefficient (Wildman–Crippen LogP) is 1.16. The van der Waals surface area contributed by atoms with Crippen LogP contribution in [0.15, 0.2) is 30.3 Å². The van der Waals surface area contributed by atoms with Crippen LogP contribution >= 0.6 is 0 Å². The molecule has 1 aliphatic rings. The van der Waals surface area contributed by atoms with Crippen molar-refractivity contribution in [2.24, 2.45) is 0 Å². The molecule has 1 heterocycles. The summed E-state index contributed by atoms with van der Waals surface area (Å²) in [5.41, 5.74) is 1.07. The van der Waals surface area contributed by atoms with E-state index in [2.05, 4.69) is 0 Å². The molecular weight excluding hydrogens is 288 g/mol. The molecule has 1 aliphatic heterocycles. The van der Waals surface area contributed by atoms with Crippen LogP contribution in [0.2, 0.25) is 0 Å². The normalized spacial score (nSPS) is 20.2. The molecule has 1 amide bonds. The number of hydrogen-bond donors (Lipinski definition) is 0. The summed E-state index contributed by atoms with van der Waals surface area (Å²) in [5, 5.41) is 0. The number of sulfone groups is 1.